The van der Waals surface area contributed by atoms with Crippen molar-refractivity contribution in [1.82, 2.24) is 0 Å². The summed E-state index contributed by atoms with van der Waals surface area (Å²) in [5.41, 5.74) is 0.686. The van der Waals surface area contributed by atoms with Crippen LogP contribution < -0.4 is 9.47 Å². The lowest BCUT2D eigenvalue weighted by Gasteiger charge is -2.09. The van der Waals surface area contributed by atoms with Gasteiger partial charge in [-0.3, -0.25) is 0 Å². The molecule has 2 aromatic rings. The van der Waals surface area contributed by atoms with Crippen LogP contribution in [0.15, 0.2) is 42.5 Å². The molecule has 132 valence electrons. The minimum absolute atomic E-state index is 0.0256. The van der Waals surface area contributed by atoms with Crippen molar-refractivity contribution in [1.29, 1.82) is 0 Å². The number of carbonyl (C=O) groups excluding carboxylic acids is 1. The third kappa shape index (κ3) is 5.59. The van der Waals surface area contributed by atoms with Gasteiger partial charge in [-0.25, -0.2) is 4.79 Å². The fourth-order valence-corrected chi connectivity index (χ4v) is 2.42. The second kappa shape index (κ2) is 9.20. The number of phenolic OH excluding ortho intramolecular Hbond substituents is 1. The molecule has 0 fully saturated rings. The van der Waals surface area contributed by atoms with Crippen LogP contribution in [0.25, 0.3) is 6.08 Å². The second-order valence-electron chi connectivity index (χ2n) is 4.83. The molecule has 0 aromatic heterocycles. The third-order valence-electron chi connectivity index (χ3n) is 3.11. The van der Waals surface area contributed by atoms with Crippen molar-refractivity contribution in [3.05, 3.63) is 58.1 Å². The Kier molecular flexibility index (Phi) is 6.98. The Labute approximate surface area is 155 Å². The first-order valence-corrected chi connectivity index (χ1v) is 8.05. The van der Waals surface area contributed by atoms with Gasteiger partial charge in [0.2, 0.25) is 0 Å². The molecule has 0 bridgehead atoms. The van der Waals surface area contributed by atoms with Crippen LogP contribution in [0.5, 0.6) is 17.2 Å². The van der Waals surface area contributed by atoms with Gasteiger partial charge < -0.3 is 19.3 Å². The molecule has 1 N–H and O–H groups in total. The monoisotopic (exact) mass is 382 g/mol. The molecule has 0 aliphatic rings. The standard InChI is InChI=1S/C18H16Cl2O5/c1-23-16-11-12(5-7-15(16)21)6-8-17(22)24-9-10-25-18-13(19)3-2-4-14(18)20/h2-8,11,21H,9-10H2,1H3/b8-6+. The van der Waals surface area contributed by atoms with Crippen LogP contribution in [0.1, 0.15) is 5.56 Å². The van der Waals surface area contributed by atoms with E-state index in [-0.39, 0.29) is 19.0 Å². The third-order valence-corrected chi connectivity index (χ3v) is 3.70. The number of ether oxygens (including phenoxy) is 3. The van der Waals surface area contributed by atoms with Crippen molar-refractivity contribution in [3.8, 4) is 17.2 Å². The fourth-order valence-electron chi connectivity index (χ4n) is 1.92. The van der Waals surface area contributed by atoms with Crippen molar-refractivity contribution in [2.75, 3.05) is 20.3 Å². The van der Waals surface area contributed by atoms with E-state index in [9.17, 15) is 9.90 Å². The van der Waals surface area contributed by atoms with Gasteiger partial charge in [0.05, 0.1) is 17.2 Å². The minimum Gasteiger partial charge on any atom is -0.504 e. The van der Waals surface area contributed by atoms with E-state index in [1.54, 1.807) is 36.4 Å². The van der Waals surface area contributed by atoms with Crippen molar-refractivity contribution in [2.45, 2.75) is 0 Å². The van der Waals surface area contributed by atoms with Gasteiger partial charge in [-0.1, -0.05) is 35.3 Å². The number of hydrogen-bond donors (Lipinski definition) is 1. The quantitative estimate of drug-likeness (QED) is 0.438. The molecule has 25 heavy (non-hydrogen) atoms. The van der Waals surface area contributed by atoms with Gasteiger partial charge in [-0.15, -0.1) is 0 Å². The second-order valence-corrected chi connectivity index (χ2v) is 5.65. The maximum Gasteiger partial charge on any atom is 0.330 e. The Bertz CT molecular complexity index is 754. The van der Waals surface area contributed by atoms with Crippen LogP contribution in [0.3, 0.4) is 0 Å². The Morgan fingerprint density at radius 2 is 1.88 bits per heavy atom. The molecule has 0 amide bonds. The fraction of sp³-hybridized carbons (Fsp3) is 0.167. The summed E-state index contributed by atoms with van der Waals surface area (Å²) in [6.45, 7) is 0.166. The van der Waals surface area contributed by atoms with Gasteiger partial charge in [0, 0.05) is 6.08 Å². The number of hydrogen-bond acceptors (Lipinski definition) is 5. The molecular weight excluding hydrogens is 367 g/mol. The first-order chi connectivity index (χ1) is 12.0. The van der Waals surface area contributed by atoms with Gasteiger partial charge >= 0.3 is 5.97 Å². The molecule has 2 aromatic carbocycles. The first-order valence-electron chi connectivity index (χ1n) is 7.30. The number of halogens is 2. The minimum atomic E-state index is -0.527. The summed E-state index contributed by atoms with van der Waals surface area (Å²) in [7, 11) is 1.45. The average Bonchev–Trinajstić information content (AvgIpc) is 2.60. The van der Waals surface area contributed by atoms with Crippen molar-refractivity contribution in [2.24, 2.45) is 0 Å². The summed E-state index contributed by atoms with van der Waals surface area (Å²) < 4.78 is 15.4. The summed E-state index contributed by atoms with van der Waals surface area (Å²) in [4.78, 5) is 11.7. The van der Waals surface area contributed by atoms with Gasteiger partial charge in [0.25, 0.3) is 0 Å². The summed E-state index contributed by atoms with van der Waals surface area (Å²) >= 11 is 11.9. The highest BCUT2D eigenvalue weighted by atomic mass is 35.5. The number of rotatable bonds is 7. The Balaban J connectivity index is 1.81. The van der Waals surface area contributed by atoms with E-state index < -0.39 is 5.97 Å². The van der Waals surface area contributed by atoms with E-state index >= 15 is 0 Å². The zero-order valence-corrected chi connectivity index (χ0v) is 14.9. The molecule has 0 radical (unpaired) electrons. The maximum absolute atomic E-state index is 11.7. The van der Waals surface area contributed by atoms with Gasteiger partial charge in [-0.2, -0.15) is 0 Å². The van der Waals surface area contributed by atoms with E-state index in [0.717, 1.165) is 0 Å². The van der Waals surface area contributed by atoms with Crippen LogP contribution in [0.4, 0.5) is 0 Å². The lowest BCUT2D eigenvalue weighted by Crippen LogP contribution is -2.10. The number of methoxy groups -OCH3 is 1. The van der Waals surface area contributed by atoms with Crippen molar-refractivity contribution in [3.63, 3.8) is 0 Å². The SMILES string of the molecule is COc1cc(/C=C/C(=O)OCCOc2c(Cl)cccc2Cl)ccc1O. The van der Waals surface area contributed by atoms with Crippen molar-refractivity contribution < 1.29 is 24.1 Å². The van der Waals surface area contributed by atoms with Gasteiger partial charge in [0.15, 0.2) is 17.2 Å². The van der Waals surface area contributed by atoms with Gasteiger partial charge in [-0.05, 0) is 35.9 Å². The lowest BCUT2D eigenvalue weighted by molar-refractivity contribution is -0.138. The maximum atomic E-state index is 11.7. The number of para-hydroxylation sites is 1. The topological polar surface area (TPSA) is 65.0 Å². The lowest BCUT2D eigenvalue weighted by atomic mass is 10.2. The molecule has 0 aliphatic heterocycles. The Morgan fingerprint density at radius 3 is 2.56 bits per heavy atom. The largest absolute Gasteiger partial charge is 0.504 e. The smallest absolute Gasteiger partial charge is 0.330 e. The number of benzene rings is 2. The molecule has 0 spiro atoms. The predicted octanol–water partition coefficient (Wildman–Crippen LogP) is 4.34. The molecular formula is C18H16Cl2O5. The molecule has 0 aliphatic carbocycles. The van der Waals surface area contributed by atoms with E-state index in [0.29, 0.717) is 27.1 Å². The summed E-state index contributed by atoms with van der Waals surface area (Å²) in [6, 6.07) is 9.74. The van der Waals surface area contributed by atoms with Crippen LogP contribution in [-0.2, 0) is 9.53 Å². The number of phenols is 1. The highest BCUT2D eigenvalue weighted by Gasteiger charge is 2.07. The van der Waals surface area contributed by atoms with E-state index in [2.05, 4.69) is 0 Å². The first kappa shape index (κ1) is 19.0. The molecule has 0 unspecified atom stereocenters. The number of aromatic hydroxyl groups is 1. The predicted molar refractivity (Wildman–Crippen MR) is 96.6 cm³/mol. The van der Waals surface area contributed by atoms with Crippen molar-refractivity contribution >= 4 is 35.2 Å². The highest BCUT2D eigenvalue weighted by Crippen LogP contribution is 2.32. The van der Waals surface area contributed by atoms with Crippen LogP contribution in [-0.4, -0.2) is 31.4 Å². The van der Waals surface area contributed by atoms with Crippen LogP contribution >= 0.6 is 23.2 Å². The molecule has 5 nitrogen and oxygen atoms in total. The molecule has 0 atom stereocenters. The van der Waals surface area contributed by atoms with Gasteiger partial charge in [0.1, 0.15) is 13.2 Å². The zero-order chi connectivity index (χ0) is 18.2. The number of esters is 1. The Morgan fingerprint density at radius 1 is 1.16 bits per heavy atom. The molecule has 2 rings (SSSR count). The summed E-state index contributed by atoms with van der Waals surface area (Å²) in [5, 5.41) is 10.3. The highest BCUT2D eigenvalue weighted by molar-refractivity contribution is 6.37. The average molecular weight is 383 g/mol. The summed E-state index contributed by atoms with van der Waals surface area (Å²) in [6.07, 6.45) is 2.82. The van der Waals surface area contributed by atoms with E-state index in [1.165, 1.54) is 19.3 Å². The number of carbonyl (C=O) groups is 1. The zero-order valence-electron chi connectivity index (χ0n) is 13.4. The molecule has 0 saturated heterocycles. The van der Waals surface area contributed by atoms with E-state index in [1.807, 2.05) is 0 Å². The Hall–Kier alpha value is -2.37. The van der Waals surface area contributed by atoms with E-state index in [4.69, 9.17) is 37.4 Å². The summed E-state index contributed by atoms with van der Waals surface area (Å²) in [5.74, 6) is 0.174. The molecule has 7 heteroatoms. The van der Waals surface area contributed by atoms with Crippen LogP contribution in [0, 0.1) is 0 Å². The van der Waals surface area contributed by atoms with Crippen LogP contribution in [0.2, 0.25) is 10.0 Å². The molecule has 0 saturated carbocycles. The normalized spacial score (nSPS) is 10.7. The molecule has 0 heterocycles.